The first-order chi connectivity index (χ1) is 19.0. The Morgan fingerprint density at radius 2 is 1.90 bits per heavy atom. The number of rotatable bonds is 7. The third-order valence-corrected chi connectivity index (χ3v) is 10.1. The van der Waals surface area contributed by atoms with Crippen molar-refractivity contribution in [1.82, 2.24) is 18.8 Å². The van der Waals surface area contributed by atoms with Gasteiger partial charge in [0.2, 0.25) is 15.9 Å². The van der Waals surface area contributed by atoms with Crippen LogP contribution in [0, 0.1) is 19.8 Å². The molecule has 0 radical (unpaired) electrons. The predicted octanol–water partition coefficient (Wildman–Crippen LogP) is 4.10. The molecule has 2 fully saturated rings. The van der Waals surface area contributed by atoms with Crippen LogP contribution in [0.1, 0.15) is 44.5 Å². The van der Waals surface area contributed by atoms with E-state index in [0.29, 0.717) is 29.7 Å². The van der Waals surface area contributed by atoms with Gasteiger partial charge in [0.05, 0.1) is 34.7 Å². The first-order valence-electron chi connectivity index (χ1n) is 14.1. The van der Waals surface area contributed by atoms with Crippen LogP contribution in [0.2, 0.25) is 0 Å². The average Bonchev–Trinajstić information content (AvgIpc) is 3.17. The van der Waals surface area contributed by atoms with Crippen LogP contribution in [0.15, 0.2) is 47.4 Å². The maximum absolute atomic E-state index is 13.9. The number of aryl methyl sites for hydroxylation is 3. The molecule has 2 aliphatic heterocycles. The molecule has 5 rings (SSSR count). The van der Waals surface area contributed by atoms with Crippen molar-refractivity contribution in [2.24, 2.45) is 13.0 Å². The van der Waals surface area contributed by atoms with Gasteiger partial charge >= 0.3 is 0 Å². The lowest BCUT2D eigenvalue weighted by Gasteiger charge is -2.50. The molecular weight excluding hydrogens is 526 g/mol. The van der Waals surface area contributed by atoms with Crippen LogP contribution in [0.4, 0.5) is 5.69 Å². The van der Waals surface area contributed by atoms with Gasteiger partial charge in [-0.2, -0.15) is 4.31 Å². The summed E-state index contributed by atoms with van der Waals surface area (Å²) in [6, 6.07) is 12.6. The molecule has 0 unspecified atom stereocenters. The Bertz CT molecular complexity index is 1480. The number of amides is 1. The molecule has 40 heavy (non-hydrogen) atoms. The number of carbonyl (C=O) groups excluding carboxylic acids is 1. The van der Waals surface area contributed by atoms with Crippen molar-refractivity contribution in [2.75, 3.05) is 38.1 Å². The second kappa shape index (κ2) is 11.2. The van der Waals surface area contributed by atoms with Crippen LogP contribution in [0.25, 0.3) is 11.0 Å². The molecule has 1 amide bonds. The fraction of sp³-hybridized carbons (Fsp3) is 0.533. The minimum absolute atomic E-state index is 0.110. The number of benzene rings is 2. The lowest BCUT2D eigenvalue weighted by molar-refractivity contribution is -0.146. The number of aromatic nitrogens is 2. The number of nitrogens with one attached hydrogen (secondary N) is 1. The van der Waals surface area contributed by atoms with Crippen LogP contribution < -0.4 is 5.32 Å². The molecule has 1 N–H and O–H groups in total. The molecule has 0 bridgehead atoms. The number of piperidine rings is 1. The van der Waals surface area contributed by atoms with Gasteiger partial charge in [0.15, 0.2) is 0 Å². The second-order valence-electron chi connectivity index (χ2n) is 11.9. The average molecular weight is 568 g/mol. The molecule has 216 valence electrons. The topological polar surface area (TPSA) is 96.8 Å². The van der Waals surface area contributed by atoms with E-state index in [1.165, 1.54) is 0 Å². The molecule has 0 aliphatic carbocycles. The smallest absolute Gasteiger partial charge is 0.243 e. The van der Waals surface area contributed by atoms with Crippen LogP contribution in [0.3, 0.4) is 0 Å². The molecule has 1 spiro atoms. The van der Waals surface area contributed by atoms with Gasteiger partial charge in [0.1, 0.15) is 5.82 Å². The highest BCUT2D eigenvalue weighted by Crippen LogP contribution is 2.35. The van der Waals surface area contributed by atoms with Crippen LogP contribution in [-0.4, -0.2) is 77.5 Å². The molecule has 2 aromatic carbocycles. The number of hydrogen-bond acceptors (Lipinski definition) is 6. The number of nitrogens with zero attached hydrogens (tertiary/aromatic N) is 4. The molecule has 2 aliphatic rings. The van der Waals surface area contributed by atoms with E-state index in [1.807, 2.05) is 55.8 Å². The van der Waals surface area contributed by atoms with E-state index >= 15 is 0 Å². The molecule has 10 heteroatoms. The van der Waals surface area contributed by atoms with Gasteiger partial charge in [-0.25, -0.2) is 13.4 Å². The van der Waals surface area contributed by atoms with Gasteiger partial charge in [-0.15, -0.1) is 0 Å². The summed E-state index contributed by atoms with van der Waals surface area (Å²) < 4.78 is 38.0. The van der Waals surface area contributed by atoms with E-state index in [-0.39, 0.29) is 25.0 Å². The standard InChI is InChI=1S/C30H41N5O4S/c1-21(2)15-25-18-39-30(20-35(25)40(37,38)26-10-7-22(3)8-11-26)13-6-14-34(19-30)17-29(36)32-24-9-12-28-27(16-24)31-23(4)33(28)5/h7-12,16,21,25H,6,13-15,17-20H2,1-5H3,(H,32,36)/t25-,30-/m0/s1. The molecule has 3 aromatic rings. The van der Waals surface area contributed by atoms with E-state index in [9.17, 15) is 13.2 Å². The summed E-state index contributed by atoms with van der Waals surface area (Å²) in [6.45, 7) is 10.2. The Labute approximate surface area is 237 Å². The van der Waals surface area contributed by atoms with Crippen molar-refractivity contribution >= 4 is 32.7 Å². The molecule has 3 heterocycles. The van der Waals surface area contributed by atoms with Crippen molar-refractivity contribution in [3.63, 3.8) is 0 Å². The number of morpholine rings is 1. The number of ether oxygens (including phenoxy) is 1. The van der Waals surface area contributed by atoms with Gasteiger partial charge in [0.25, 0.3) is 0 Å². The highest BCUT2D eigenvalue weighted by Gasteiger charge is 2.47. The number of sulfonamides is 1. The third-order valence-electron chi connectivity index (χ3n) is 8.18. The number of imidazole rings is 1. The maximum Gasteiger partial charge on any atom is 0.243 e. The van der Waals surface area contributed by atoms with Crippen molar-refractivity contribution in [3.8, 4) is 0 Å². The Kier molecular flexibility index (Phi) is 8.07. The SMILES string of the molecule is Cc1ccc(S(=O)(=O)N2C[C@@]3(CCCN(CC(=O)Nc4ccc5c(c4)nc(C)n5C)C3)OC[C@@H]2CC(C)C)cc1. The molecular formula is C30H41N5O4S. The summed E-state index contributed by atoms with van der Waals surface area (Å²) in [6.07, 6.45) is 2.32. The number of fused-ring (bicyclic) bond motifs is 1. The fourth-order valence-electron chi connectivity index (χ4n) is 6.05. The molecule has 0 saturated carbocycles. The minimum Gasteiger partial charge on any atom is -0.371 e. The summed E-state index contributed by atoms with van der Waals surface area (Å²) in [5.41, 5.74) is 2.95. The van der Waals surface area contributed by atoms with Crippen molar-refractivity contribution in [1.29, 1.82) is 0 Å². The fourth-order valence-corrected chi connectivity index (χ4v) is 7.74. The highest BCUT2D eigenvalue weighted by molar-refractivity contribution is 7.89. The van der Waals surface area contributed by atoms with Crippen molar-refractivity contribution < 1.29 is 17.9 Å². The highest BCUT2D eigenvalue weighted by atomic mass is 32.2. The zero-order valence-corrected chi connectivity index (χ0v) is 25.0. The number of hydrogen-bond donors (Lipinski definition) is 1. The van der Waals surface area contributed by atoms with E-state index in [1.54, 1.807) is 16.4 Å². The van der Waals surface area contributed by atoms with Crippen molar-refractivity contribution in [3.05, 3.63) is 53.9 Å². The number of likely N-dealkylation sites (tertiary alicyclic amines) is 1. The monoisotopic (exact) mass is 567 g/mol. The van der Waals surface area contributed by atoms with E-state index < -0.39 is 15.6 Å². The Morgan fingerprint density at radius 1 is 1.15 bits per heavy atom. The summed E-state index contributed by atoms with van der Waals surface area (Å²) in [4.78, 5) is 20.0. The Hall–Kier alpha value is -2.79. The third kappa shape index (κ3) is 5.95. The summed E-state index contributed by atoms with van der Waals surface area (Å²) in [5.74, 6) is 1.14. The number of anilines is 1. The quantitative estimate of drug-likeness (QED) is 0.462. The Balaban J connectivity index is 1.30. The predicted molar refractivity (Wildman–Crippen MR) is 157 cm³/mol. The summed E-state index contributed by atoms with van der Waals surface area (Å²) in [5, 5.41) is 3.01. The largest absolute Gasteiger partial charge is 0.371 e. The van der Waals surface area contributed by atoms with Gasteiger partial charge in [-0.05, 0) is 75.9 Å². The van der Waals surface area contributed by atoms with Crippen LogP contribution in [-0.2, 0) is 26.6 Å². The zero-order chi connectivity index (χ0) is 28.7. The van der Waals surface area contributed by atoms with Gasteiger partial charge in [-0.3, -0.25) is 9.69 Å². The molecule has 2 atom stereocenters. The molecule has 2 saturated heterocycles. The normalized spacial score (nSPS) is 22.8. The molecule has 1 aromatic heterocycles. The van der Waals surface area contributed by atoms with Crippen molar-refractivity contribution in [2.45, 2.75) is 63.5 Å². The maximum atomic E-state index is 13.9. The summed E-state index contributed by atoms with van der Waals surface area (Å²) >= 11 is 0. The van der Waals surface area contributed by atoms with E-state index in [0.717, 1.165) is 48.2 Å². The lowest BCUT2D eigenvalue weighted by Crippen LogP contribution is -2.64. The lowest BCUT2D eigenvalue weighted by atomic mass is 9.89. The Morgan fingerprint density at radius 3 is 2.62 bits per heavy atom. The molecule has 9 nitrogen and oxygen atoms in total. The second-order valence-corrected chi connectivity index (χ2v) is 13.8. The first-order valence-corrected chi connectivity index (χ1v) is 15.6. The van der Waals surface area contributed by atoms with Crippen LogP contribution in [0.5, 0.6) is 0 Å². The summed E-state index contributed by atoms with van der Waals surface area (Å²) in [7, 11) is -1.73. The van der Waals surface area contributed by atoms with Gasteiger partial charge < -0.3 is 14.6 Å². The van der Waals surface area contributed by atoms with E-state index in [4.69, 9.17) is 4.74 Å². The zero-order valence-electron chi connectivity index (χ0n) is 24.2. The first kappa shape index (κ1) is 28.7. The number of carbonyl (C=O) groups is 1. The van der Waals surface area contributed by atoms with E-state index in [2.05, 4.69) is 29.0 Å². The van der Waals surface area contributed by atoms with Gasteiger partial charge in [-0.1, -0.05) is 31.5 Å². The van der Waals surface area contributed by atoms with Crippen LogP contribution >= 0.6 is 0 Å². The minimum atomic E-state index is -3.70. The van der Waals surface area contributed by atoms with Gasteiger partial charge in [0, 0.05) is 31.9 Å².